The molecule has 124 valence electrons. The van der Waals surface area contributed by atoms with Crippen LogP contribution in [-0.4, -0.2) is 35.6 Å². The SMILES string of the molecule is Cc1ncnc2c(C3CCC(COC4CCCCO4)O3)scc12. The summed E-state index contributed by atoms with van der Waals surface area (Å²) in [7, 11) is 0. The Labute approximate surface area is 140 Å². The van der Waals surface area contributed by atoms with Crippen molar-refractivity contribution in [3.63, 3.8) is 0 Å². The van der Waals surface area contributed by atoms with Gasteiger partial charge in [0.15, 0.2) is 6.29 Å². The fourth-order valence-corrected chi connectivity index (χ4v) is 4.43. The molecular weight excluding hydrogens is 312 g/mol. The summed E-state index contributed by atoms with van der Waals surface area (Å²) in [6.07, 6.45) is 7.29. The van der Waals surface area contributed by atoms with Gasteiger partial charge in [0, 0.05) is 23.1 Å². The molecule has 0 N–H and O–H groups in total. The molecular formula is C17H22N2O3S. The van der Waals surface area contributed by atoms with Crippen LogP contribution in [0.5, 0.6) is 0 Å². The smallest absolute Gasteiger partial charge is 0.157 e. The molecule has 2 fully saturated rings. The third-order valence-electron chi connectivity index (χ3n) is 4.63. The maximum atomic E-state index is 6.21. The molecule has 2 aliphatic rings. The fourth-order valence-electron chi connectivity index (χ4n) is 3.31. The highest BCUT2D eigenvalue weighted by atomic mass is 32.1. The summed E-state index contributed by atoms with van der Waals surface area (Å²) in [6, 6.07) is 0. The van der Waals surface area contributed by atoms with E-state index in [1.54, 1.807) is 17.7 Å². The van der Waals surface area contributed by atoms with Crippen molar-refractivity contribution in [3.05, 3.63) is 22.3 Å². The molecule has 0 aromatic carbocycles. The fraction of sp³-hybridized carbons (Fsp3) is 0.647. The monoisotopic (exact) mass is 334 g/mol. The van der Waals surface area contributed by atoms with E-state index in [1.165, 1.54) is 11.3 Å². The number of aryl methyl sites for hydroxylation is 1. The van der Waals surface area contributed by atoms with Gasteiger partial charge in [0.2, 0.25) is 0 Å². The van der Waals surface area contributed by atoms with E-state index in [-0.39, 0.29) is 18.5 Å². The third kappa shape index (κ3) is 3.26. The van der Waals surface area contributed by atoms with Crippen LogP contribution >= 0.6 is 11.3 Å². The summed E-state index contributed by atoms with van der Waals surface area (Å²) in [5.74, 6) is 0. The van der Waals surface area contributed by atoms with Crippen molar-refractivity contribution in [2.24, 2.45) is 0 Å². The van der Waals surface area contributed by atoms with Crippen molar-refractivity contribution < 1.29 is 14.2 Å². The zero-order chi connectivity index (χ0) is 15.6. The molecule has 5 nitrogen and oxygen atoms in total. The molecule has 3 unspecified atom stereocenters. The molecule has 0 aliphatic carbocycles. The Morgan fingerprint density at radius 2 is 2.22 bits per heavy atom. The van der Waals surface area contributed by atoms with Crippen molar-refractivity contribution in [2.45, 2.75) is 57.5 Å². The normalized spacial score (nSPS) is 28.5. The van der Waals surface area contributed by atoms with Gasteiger partial charge in [-0.1, -0.05) is 0 Å². The van der Waals surface area contributed by atoms with E-state index in [1.807, 2.05) is 6.92 Å². The predicted octanol–water partition coefficient (Wildman–Crippen LogP) is 3.76. The molecule has 0 amide bonds. The maximum absolute atomic E-state index is 6.21. The lowest BCUT2D eigenvalue weighted by molar-refractivity contribution is -0.178. The van der Waals surface area contributed by atoms with E-state index in [4.69, 9.17) is 14.2 Å². The van der Waals surface area contributed by atoms with Gasteiger partial charge in [-0.3, -0.25) is 0 Å². The van der Waals surface area contributed by atoms with Crippen LogP contribution in [0.2, 0.25) is 0 Å². The van der Waals surface area contributed by atoms with Gasteiger partial charge in [-0.05, 0) is 39.0 Å². The standard InChI is InChI=1S/C17H22N2O3S/c1-11-13-9-23-17(16(13)19-10-18-11)14-6-5-12(22-14)8-21-15-4-2-3-7-20-15/h9-10,12,14-15H,2-8H2,1H3. The molecule has 3 atom stereocenters. The second kappa shape index (κ2) is 6.81. The topological polar surface area (TPSA) is 53.5 Å². The minimum atomic E-state index is -0.0376. The lowest BCUT2D eigenvalue weighted by Gasteiger charge is -2.24. The average molecular weight is 334 g/mol. The minimum Gasteiger partial charge on any atom is -0.367 e. The molecule has 4 heterocycles. The Kier molecular flexibility index (Phi) is 4.57. The average Bonchev–Trinajstić information content (AvgIpc) is 3.21. The van der Waals surface area contributed by atoms with Crippen molar-refractivity contribution >= 4 is 22.2 Å². The van der Waals surface area contributed by atoms with Gasteiger partial charge < -0.3 is 14.2 Å². The highest BCUT2D eigenvalue weighted by Crippen LogP contribution is 2.39. The highest BCUT2D eigenvalue weighted by Gasteiger charge is 2.30. The van der Waals surface area contributed by atoms with Crippen LogP contribution in [0.1, 0.15) is 48.8 Å². The molecule has 2 aliphatic heterocycles. The second-order valence-corrected chi connectivity index (χ2v) is 7.19. The summed E-state index contributed by atoms with van der Waals surface area (Å²) < 4.78 is 17.7. The second-order valence-electron chi connectivity index (χ2n) is 6.27. The van der Waals surface area contributed by atoms with E-state index in [2.05, 4.69) is 15.3 Å². The number of nitrogens with zero attached hydrogens (tertiary/aromatic N) is 2. The van der Waals surface area contributed by atoms with Gasteiger partial charge in [-0.25, -0.2) is 9.97 Å². The van der Waals surface area contributed by atoms with Gasteiger partial charge in [0.1, 0.15) is 6.33 Å². The molecule has 2 aromatic heterocycles. The van der Waals surface area contributed by atoms with Gasteiger partial charge in [-0.15, -0.1) is 11.3 Å². The van der Waals surface area contributed by atoms with Crippen LogP contribution in [0.25, 0.3) is 10.9 Å². The number of thiophene rings is 1. The maximum Gasteiger partial charge on any atom is 0.157 e. The Morgan fingerprint density at radius 3 is 3.09 bits per heavy atom. The number of fused-ring (bicyclic) bond motifs is 1. The van der Waals surface area contributed by atoms with Crippen LogP contribution < -0.4 is 0 Å². The van der Waals surface area contributed by atoms with Crippen LogP contribution in [0.15, 0.2) is 11.7 Å². The summed E-state index contributed by atoms with van der Waals surface area (Å²) in [5, 5.41) is 3.29. The van der Waals surface area contributed by atoms with Crippen molar-refractivity contribution in [3.8, 4) is 0 Å². The third-order valence-corrected chi connectivity index (χ3v) is 5.69. The van der Waals surface area contributed by atoms with Crippen LogP contribution in [0, 0.1) is 6.92 Å². The molecule has 4 rings (SSSR count). The minimum absolute atomic E-state index is 0.0376. The molecule has 23 heavy (non-hydrogen) atoms. The molecule has 0 saturated carbocycles. The first-order valence-corrected chi connectivity index (χ1v) is 9.26. The quantitative estimate of drug-likeness (QED) is 0.852. The van der Waals surface area contributed by atoms with E-state index < -0.39 is 0 Å². The Balaban J connectivity index is 1.38. The van der Waals surface area contributed by atoms with E-state index in [9.17, 15) is 0 Å². The number of ether oxygens (including phenoxy) is 3. The molecule has 0 spiro atoms. The summed E-state index contributed by atoms with van der Waals surface area (Å²) in [6.45, 7) is 3.47. The summed E-state index contributed by atoms with van der Waals surface area (Å²) in [4.78, 5) is 9.95. The predicted molar refractivity (Wildman–Crippen MR) is 88.5 cm³/mol. The van der Waals surface area contributed by atoms with Crippen molar-refractivity contribution in [1.29, 1.82) is 0 Å². The Morgan fingerprint density at radius 1 is 1.26 bits per heavy atom. The number of hydrogen-bond acceptors (Lipinski definition) is 6. The number of aromatic nitrogens is 2. The van der Waals surface area contributed by atoms with Crippen LogP contribution in [-0.2, 0) is 14.2 Å². The first-order chi connectivity index (χ1) is 11.3. The molecule has 0 bridgehead atoms. The number of hydrogen-bond donors (Lipinski definition) is 0. The van der Waals surface area contributed by atoms with Crippen LogP contribution in [0.4, 0.5) is 0 Å². The lowest BCUT2D eigenvalue weighted by Crippen LogP contribution is -2.26. The first kappa shape index (κ1) is 15.4. The molecule has 6 heteroatoms. The molecule has 2 aromatic rings. The highest BCUT2D eigenvalue weighted by molar-refractivity contribution is 7.11. The number of rotatable bonds is 4. The Bertz CT molecular complexity index is 669. The Hall–Kier alpha value is -1.08. The molecule has 0 radical (unpaired) electrons. The van der Waals surface area contributed by atoms with E-state index in [0.717, 1.165) is 48.9 Å². The van der Waals surface area contributed by atoms with E-state index in [0.29, 0.717) is 6.61 Å². The van der Waals surface area contributed by atoms with E-state index >= 15 is 0 Å². The van der Waals surface area contributed by atoms with Gasteiger partial charge in [0.25, 0.3) is 0 Å². The van der Waals surface area contributed by atoms with Crippen molar-refractivity contribution in [2.75, 3.05) is 13.2 Å². The molecule has 2 saturated heterocycles. The van der Waals surface area contributed by atoms with Crippen LogP contribution in [0.3, 0.4) is 0 Å². The van der Waals surface area contributed by atoms with Gasteiger partial charge in [-0.2, -0.15) is 0 Å². The lowest BCUT2D eigenvalue weighted by atomic mass is 10.1. The first-order valence-electron chi connectivity index (χ1n) is 8.38. The van der Waals surface area contributed by atoms with Crippen molar-refractivity contribution in [1.82, 2.24) is 9.97 Å². The zero-order valence-electron chi connectivity index (χ0n) is 13.4. The summed E-state index contributed by atoms with van der Waals surface area (Å²) in [5.41, 5.74) is 2.08. The summed E-state index contributed by atoms with van der Waals surface area (Å²) >= 11 is 1.73. The zero-order valence-corrected chi connectivity index (χ0v) is 14.2. The largest absolute Gasteiger partial charge is 0.367 e. The van der Waals surface area contributed by atoms with Gasteiger partial charge >= 0.3 is 0 Å². The van der Waals surface area contributed by atoms with Gasteiger partial charge in [0.05, 0.1) is 29.2 Å².